The van der Waals surface area contributed by atoms with Crippen molar-refractivity contribution in [3.8, 4) is 5.88 Å². The molecule has 3 aromatic rings. The van der Waals surface area contributed by atoms with Crippen LogP contribution in [0.25, 0.3) is 0 Å². The second kappa shape index (κ2) is 12.0. The molecule has 2 aromatic heterocycles. The lowest BCUT2D eigenvalue weighted by molar-refractivity contribution is 0.0973. The van der Waals surface area contributed by atoms with E-state index in [4.69, 9.17) is 22.1 Å². The molecule has 0 unspecified atom stereocenters. The van der Waals surface area contributed by atoms with E-state index < -0.39 is 22.9 Å². The molecule has 2 fully saturated rings. The molecular weight excluding hydrogens is 594 g/mol. The van der Waals surface area contributed by atoms with E-state index in [-0.39, 0.29) is 34.9 Å². The van der Waals surface area contributed by atoms with Gasteiger partial charge < -0.3 is 30.9 Å². The standard InChI is InChI=1S/C29H34ClN7O5S/c1-16-24(31)29(15-42-16)8-11-36(12-9-29)25-18(14-38)33-21(13-32-25)43-19-6-4-5-17(23(19)30)34-26(39)22-27(40)35-20-7-2-3-10-37(20)28(22)41/h4-6,13,16,24,38,40H,2-3,7-12,14-15,31H2,1H3,(H,34,39)/t16-,24+/m0/s1. The highest BCUT2D eigenvalue weighted by molar-refractivity contribution is 7.99. The topological polar surface area (TPSA) is 169 Å². The maximum Gasteiger partial charge on any atom is 0.270 e. The number of nitrogens with zero attached hydrogens (tertiary/aromatic N) is 5. The van der Waals surface area contributed by atoms with Crippen LogP contribution in [-0.2, 0) is 24.3 Å². The Balaban J connectivity index is 1.17. The lowest BCUT2D eigenvalue weighted by Gasteiger charge is -2.41. The maximum absolute atomic E-state index is 13.1. The van der Waals surface area contributed by atoms with Crippen LogP contribution in [0.1, 0.15) is 54.5 Å². The number of carbonyl (C=O) groups excluding carboxylic acids is 1. The van der Waals surface area contributed by atoms with Gasteiger partial charge in [0, 0.05) is 42.4 Å². The van der Waals surface area contributed by atoms with Crippen LogP contribution in [0, 0.1) is 5.41 Å². The summed E-state index contributed by atoms with van der Waals surface area (Å²) >= 11 is 7.90. The number of hydrogen-bond acceptors (Lipinski definition) is 11. The number of piperidine rings is 1. The molecule has 0 radical (unpaired) electrons. The van der Waals surface area contributed by atoms with Crippen LogP contribution in [0.3, 0.4) is 0 Å². The molecule has 228 valence electrons. The number of aromatic hydroxyl groups is 1. The number of nitrogens with two attached hydrogens (primary N) is 1. The van der Waals surface area contributed by atoms with Crippen molar-refractivity contribution in [2.24, 2.45) is 11.1 Å². The van der Waals surface area contributed by atoms with Gasteiger partial charge in [-0.2, -0.15) is 4.98 Å². The van der Waals surface area contributed by atoms with Crippen LogP contribution in [0.2, 0.25) is 5.02 Å². The molecule has 5 heterocycles. The first kappa shape index (κ1) is 29.8. The summed E-state index contributed by atoms with van der Waals surface area (Å²) in [7, 11) is 0. The van der Waals surface area contributed by atoms with E-state index in [1.165, 1.54) is 16.3 Å². The number of hydrogen-bond donors (Lipinski definition) is 4. The van der Waals surface area contributed by atoms with E-state index in [1.54, 1.807) is 24.4 Å². The Morgan fingerprint density at radius 1 is 1.26 bits per heavy atom. The highest BCUT2D eigenvalue weighted by Crippen LogP contribution is 2.42. The predicted octanol–water partition coefficient (Wildman–Crippen LogP) is 2.96. The van der Waals surface area contributed by atoms with Gasteiger partial charge in [-0.15, -0.1) is 0 Å². The van der Waals surface area contributed by atoms with E-state index in [1.807, 2.05) is 6.92 Å². The van der Waals surface area contributed by atoms with Crippen molar-refractivity contribution in [3.63, 3.8) is 0 Å². The van der Waals surface area contributed by atoms with Crippen molar-refractivity contribution in [2.45, 2.75) is 74.2 Å². The Morgan fingerprint density at radius 3 is 2.77 bits per heavy atom. The lowest BCUT2D eigenvalue weighted by Crippen LogP contribution is -2.51. The number of nitrogens with one attached hydrogen (secondary N) is 1. The van der Waals surface area contributed by atoms with Crippen molar-refractivity contribution < 1.29 is 19.7 Å². The summed E-state index contributed by atoms with van der Waals surface area (Å²) in [6.45, 7) is 4.34. The van der Waals surface area contributed by atoms with E-state index >= 15 is 0 Å². The van der Waals surface area contributed by atoms with E-state index in [2.05, 4.69) is 25.2 Å². The van der Waals surface area contributed by atoms with Gasteiger partial charge in [0.1, 0.15) is 16.5 Å². The fraction of sp³-hybridized carbons (Fsp3) is 0.483. The lowest BCUT2D eigenvalue weighted by atomic mass is 9.73. The second-order valence-corrected chi connectivity index (χ2v) is 12.8. The van der Waals surface area contributed by atoms with Crippen molar-refractivity contribution in [2.75, 3.05) is 29.9 Å². The highest BCUT2D eigenvalue weighted by Gasteiger charge is 2.47. The van der Waals surface area contributed by atoms with Crippen LogP contribution in [0.4, 0.5) is 11.5 Å². The van der Waals surface area contributed by atoms with Gasteiger partial charge in [0.25, 0.3) is 11.5 Å². The normalized spacial score (nSPS) is 21.2. The Bertz CT molecular complexity index is 1610. The molecule has 14 heteroatoms. The van der Waals surface area contributed by atoms with Crippen LogP contribution in [0.15, 0.2) is 39.1 Å². The molecule has 0 bridgehead atoms. The molecule has 1 amide bonds. The predicted molar refractivity (Wildman–Crippen MR) is 162 cm³/mol. The minimum atomic E-state index is -0.797. The fourth-order valence-electron chi connectivity index (χ4n) is 6.20. The van der Waals surface area contributed by atoms with Crippen LogP contribution < -0.4 is 21.5 Å². The first-order valence-electron chi connectivity index (χ1n) is 14.4. The largest absolute Gasteiger partial charge is 0.493 e. The smallest absolute Gasteiger partial charge is 0.270 e. The number of aryl methyl sites for hydroxylation is 1. The summed E-state index contributed by atoms with van der Waals surface area (Å²) in [6, 6.07) is 5.08. The quantitative estimate of drug-likeness (QED) is 0.317. The van der Waals surface area contributed by atoms with E-state index in [9.17, 15) is 19.8 Å². The molecule has 2 saturated heterocycles. The maximum atomic E-state index is 13.1. The number of aromatic nitrogens is 4. The first-order chi connectivity index (χ1) is 20.7. The molecule has 0 aliphatic carbocycles. The zero-order valence-electron chi connectivity index (χ0n) is 23.8. The van der Waals surface area contributed by atoms with Crippen molar-refractivity contribution in [1.29, 1.82) is 0 Å². The number of rotatable bonds is 6. The molecule has 2 atom stereocenters. The van der Waals surface area contributed by atoms with Gasteiger partial charge in [-0.3, -0.25) is 14.2 Å². The third-order valence-electron chi connectivity index (χ3n) is 8.77. The monoisotopic (exact) mass is 627 g/mol. The number of amides is 1. The average Bonchev–Trinajstić information content (AvgIpc) is 3.28. The minimum Gasteiger partial charge on any atom is -0.493 e. The fourth-order valence-corrected chi connectivity index (χ4v) is 7.32. The number of aliphatic hydroxyl groups excluding tert-OH is 1. The summed E-state index contributed by atoms with van der Waals surface area (Å²) in [5.41, 5.74) is 6.15. The van der Waals surface area contributed by atoms with Crippen molar-refractivity contribution in [1.82, 2.24) is 19.5 Å². The number of anilines is 2. The summed E-state index contributed by atoms with van der Waals surface area (Å²) < 4.78 is 7.27. The number of carbonyl (C=O) groups is 1. The number of benzene rings is 1. The summed E-state index contributed by atoms with van der Waals surface area (Å²) in [5.74, 6) is -0.279. The zero-order valence-corrected chi connectivity index (χ0v) is 25.3. The van der Waals surface area contributed by atoms with Gasteiger partial charge in [0.05, 0.1) is 36.2 Å². The summed E-state index contributed by atoms with van der Waals surface area (Å²) in [6.07, 6.45) is 5.67. The van der Waals surface area contributed by atoms with Gasteiger partial charge >= 0.3 is 0 Å². The second-order valence-electron chi connectivity index (χ2n) is 11.3. The van der Waals surface area contributed by atoms with Gasteiger partial charge in [-0.1, -0.05) is 29.4 Å². The molecule has 0 saturated carbocycles. The highest BCUT2D eigenvalue weighted by atomic mass is 35.5. The molecule has 3 aliphatic heterocycles. The third kappa shape index (κ3) is 5.60. The van der Waals surface area contributed by atoms with Gasteiger partial charge in [-0.25, -0.2) is 9.97 Å². The number of aliphatic hydroxyl groups is 1. The molecule has 5 N–H and O–H groups in total. The van der Waals surface area contributed by atoms with Gasteiger partial charge in [-0.05, 0) is 44.7 Å². The van der Waals surface area contributed by atoms with Crippen molar-refractivity contribution in [3.05, 3.63) is 56.9 Å². The number of fused-ring (bicyclic) bond motifs is 1. The molecule has 1 aromatic carbocycles. The Labute approximate surface area is 257 Å². The Hall–Kier alpha value is -3.23. The molecule has 43 heavy (non-hydrogen) atoms. The Morgan fingerprint density at radius 2 is 2.05 bits per heavy atom. The van der Waals surface area contributed by atoms with Gasteiger partial charge in [0.2, 0.25) is 5.88 Å². The minimum absolute atomic E-state index is 0.00344. The summed E-state index contributed by atoms with van der Waals surface area (Å²) in [5, 5.41) is 23.9. The zero-order chi connectivity index (χ0) is 30.3. The van der Waals surface area contributed by atoms with Crippen molar-refractivity contribution >= 4 is 40.8 Å². The molecular formula is C29H34ClN7O5S. The van der Waals surface area contributed by atoms with Crippen LogP contribution in [-0.4, -0.2) is 67.5 Å². The third-order valence-corrected chi connectivity index (χ3v) is 10.3. The number of ether oxygens (including phenoxy) is 1. The SMILES string of the molecule is C[C@@H]1OCC2(CCN(c3ncc(Sc4cccc(NC(=O)c5c(O)nc6n(c5=O)CCCC6)c4Cl)nc3CO)CC2)[C@@H]1N. The van der Waals surface area contributed by atoms with E-state index in [0.29, 0.717) is 46.8 Å². The van der Waals surface area contributed by atoms with Crippen LogP contribution >= 0.6 is 23.4 Å². The molecule has 3 aliphatic rings. The number of halogens is 1. The molecule has 12 nitrogen and oxygen atoms in total. The first-order valence-corrected chi connectivity index (χ1v) is 15.6. The molecule has 1 spiro atoms. The Kier molecular flexibility index (Phi) is 8.35. The average molecular weight is 628 g/mol. The summed E-state index contributed by atoms with van der Waals surface area (Å²) in [4.78, 5) is 42.2. The van der Waals surface area contributed by atoms with Crippen LogP contribution in [0.5, 0.6) is 5.88 Å². The molecule has 6 rings (SSSR count). The van der Waals surface area contributed by atoms with Gasteiger partial charge in [0.15, 0.2) is 11.4 Å². The van der Waals surface area contributed by atoms with E-state index in [0.717, 1.165) is 38.8 Å².